The second-order valence-electron chi connectivity index (χ2n) is 1.77. The molecule has 0 radical (unpaired) electrons. The van der Waals surface area contributed by atoms with Crippen LogP contribution in [0.5, 0.6) is 0 Å². The molecular formula is C6H14N4O2. The van der Waals surface area contributed by atoms with Gasteiger partial charge in [-0.1, -0.05) is 0 Å². The van der Waals surface area contributed by atoms with E-state index in [0.29, 0.717) is 0 Å². The molecule has 0 heterocycles. The summed E-state index contributed by atoms with van der Waals surface area (Å²) in [6.07, 6.45) is -3.93. The van der Waals surface area contributed by atoms with E-state index in [1.54, 1.807) is 0 Å². The average Bonchev–Trinajstić information content (AvgIpc) is 1.97. The number of nitrogens with two attached hydrogens (primary N) is 3. The van der Waals surface area contributed by atoms with Crippen LogP contribution in [0.25, 0.3) is 0 Å². The summed E-state index contributed by atoms with van der Waals surface area (Å²) >= 11 is 0. The first-order chi connectivity index (χ1) is 7.32. The van der Waals surface area contributed by atoms with Crippen molar-refractivity contribution in [2.24, 2.45) is 22.2 Å². The van der Waals surface area contributed by atoms with Crippen molar-refractivity contribution in [1.29, 1.82) is 0 Å². The van der Waals surface area contributed by atoms with Gasteiger partial charge in [0.15, 0.2) is 5.96 Å². The van der Waals surface area contributed by atoms with Crippen LogP contribution in [-0.2, 0) is 4.79 Å². The minimum atomic E-state index is -3.00. The second-order valence-corrected chi connectivity index (χ2v) is 1.77. The molecule has 0 spiro atoms. The molecule has 70 valence electrons. The van der Waals surface area contributed by atoms with Crippen molar-refractivity contribution in [3.63, 3.8) is 0 Å². The largest absolute Gasteiger partial charge is 0.480 e. The van der Waals surface area contributed by atoms with E-state index in [2.05, 4.69) is 4.99 Å². The number of rotatable bonds is 5. The summed E-state index contributed by atoms with van der Waals surface area (Å²) in [5.41, 5.74) is 14.9. The van der Waals surface area contributed by atoms with Gasteiger partial charge < -0.3 is 22.3 Å². The molecule has 0 rings (SSSR count). The molecular weight excluding hydrogens is 160 g/mol. The Hall–Kier alpha value is -1.30. The summed E-state index contributed by atoms with van der Waals surface area (Å²) in [4.78, 5) is 13.7. The van der Waals surface area contributed by atoms with Gasteiger partial charge >= 0.3 is 5.97 Å². The molecule has 0 fully saturated rings. The Morgan fingerprint density at radius 2 is 2.33 bits per heavy atom. The van der Waals surface area contributed by atoms with E-state index in [0.717, 1.165) is 0 Å². The van der Waals surface area contributed by atoms with Crippen LogP contribution in [-0.4, -0.2) is 29.6 Å². The lowest BCUT2D eigenvalue weighted by Gasteiger charge is -2.03. The van der Waals surface area contributed by atoms with Gasteiger partial charge in [-0.3, -0.25) is 9.79 Å². The van der Waals surface area contributed by atoms with E-state index < -0.39 is 37.2 Å². The van der Waals surface area contributed by atoms with Crippen molar-refractivity contribution in [3.8, 4) is 0 Å². The molecule has 0 aromatic rings. The Kier molecular flexibility index (Phi) is 2.08. The molecule has 0 aliphatic carbocycles. The van der Waals surface area contributed by atoms with Crippen molar-refractivity contribution >= 4 is 11.9 Å². The molecule has 6 heteroatoms. The fourth-order valence-corrected chi connectivity index (χ4v) is 0.341. The van der Waals surface area contributed by atoms with Crippen molar-refractivity contribution in [2.45, 2.75) is 18.8 Å². The number of hydrogen-bond acceptors (Lipinski definition) is 3. The standard InChI is InChI=1S/C6H14N4O2/c7-4(5(11)12)2-1-3-10-6(8)9/h4H,1-3,7H2,(H,11,12)(H4,8,9,10)/t4-/m0/s1/i2D2,3D2,4D. The van der Waals surface area contributed by atoms with Crippen molar-refractivity contribution < 1.29 is 16.8 Å². The number of aliphatic carboxylic acids is 1. The van der Waals surface area contributed by atoms with Crippen LogP contribution in [0.2, 0.25) is 0 Å². The van der Waals surface area contributed by atoms with Gasteiger partial charge in [-0.05, 0) is 12.8 Å². The van der Waals surface area contributed by atoms with E-state index in [1.807, 2.05) is 0 Å². The zero-order chi connectivity index (χ0) is 14.1. The SMILES string of the molecule is [2H]C([2H])(CC([2H])([2H])[C@]([2H])(N)C(=O)O)N=C(N)N. The number of carbonyl (C=O) groups is 1. The van der Waals surface area contributed by atoms with Gasteiger partial charge in [-0.25, -0.2) is 0 Å². The molecule has 1 atom stereocenters. The second kappa shape index (κ2) is 5.36. The number of carboxylic acids is 1. The fraction of sp³-hybridized carbons (Fsp3) is 0.667. The van der Waals surface area contributed by atoms with Crippen LogP contribution in [0.1, 0.15) is 19.6 Å². The Morgan fingerprint density at radius 1 is 1.75 bits per heavy atom. The van der Waals surface area contributed by atoms with Crippen LogP contribution in [0.4, 0.5) is 0 Å². The van der Waals surface area contributed by atoms with Crippen LogP contribution in [0, 0.1) is 0 Å². The third kappa shape index (κ3) is 5.48. The molecule has 0 amide bonds. The zero-order valence-electron chi connectivity index (χ0n) is 11.2. The summed E-state index contributed by atoms with van der Waals surface area (Å²) in [5.74, 6) is -2.53. The molecule has 0 unspecified atom stereocenters. The predicted octanol–water partition coefficient (Wildman–Crippen LogP) is -1.55. The minimum absolute atomic E-state index is 0.617. The van der Waals surface area contributed by atoms with Crippen molar-refractivity contribution in [3.05, 3.63) is 0 Å². The molecule has 12 heavy (non-hydrogen) atoms. The number of carboxylic acid groups (broad SMARTS) is 1. The van der Waals surface area contributed by atoms with Crippen molar-refractivity contribution in [2.75, 3.05) is 6.50 Å². The van der Waals surface area contributed by atoms with Gasteiger partial charge in [0.05, 0.1) is 4.11 Å². The van der Waals surface area contributed by atoms with Crippen LogP contribution < -0.4 is 17.2 Å². The summed E-state index contributed by atoms with van der Waals surface area (Å²) in [6, 6.07) is -3.00. The maximum Gasteiger partial charge on any atom is 0.320 e. The number of guanidine groups is 1. The van der Waals surface area contributed by atoms with Crippen LogP contribution >= 0.6 is 0 Å². The smallest absolute Gasteiger partial charge is 0.320 e. The summed E-state index contributed by atoms with van der Waals surface area (Å²) < 4.78 is 36.4. The third-order valence-corrected chi connectivity index (χ3v) is 0.796. The maximum absolute atomic E-state index is 10.6. The van der Waals surface area contributed by atoms with Gasteiger partial charge in [0.2, 0.25) is 0 Å². The normalized spacial score (nSPS) is 23.2. The lowest BCUT2D eigenvalue weighted by atomic mass is 10.2. The molecule has 0 aliphatic heterocycles. The molecule has 0 aliphatic rings. The summed E-state index contributed by atoms with van der Waals surface area (Å²) in [6.45, 7) is -2.55. The highest BCUT2D eigenvalue weighted by Crippen LogP contribution is 1.94. The highest BCUT2D eigenvalue weighted by Gasteiger charge is 2.09. The third-order valence-electron chi connectivity index (χ3n) is 0.796. The predicted molar refractivity (Wildman–Crippen MR) is 45.5 cm³/mol. The van der Waals surface area contributed by atoms with Gasteiger partial charge in [0.1, 0.15) is 6.02 Å². The summed E-state index contributed by atoms with van der Waals surface area (Å²) in [7, 11) is 0. The lowest BCUT2D eigenvalue weighted by Crippen LogP contribution is -2.30. The Balaban J connectivity index is 5.13. The van der Waals surface area contributed by atoms with Crippen LogP contribution in [0.3, 0.4) is 0 Å². The lowest BCUT2D eigenvalue weighted by molar-refractivity contribution is -0.138. The van der Waals surface area contributed by atoms with E-state index in [4.69, 9.17) is 29.2 Å². The maximum atomic E-state index is 10.6. The first-order valence-electron chi connectivity index (χ1n) is 5.45. The molecule has 0 bridgehead atoms. The number of nitrogens with zero attached hydrogens (tertiary/aromatic N) is 1. The monoisotopic (exact) mass is 179 g/mol. The summed E-state index contributed by atoms with van der Waals surface area (Å²) in [5, 5.41) is 8.60. The highest BCUT2D eigenvalue weighted by molar-refractivity contribution is 5.75. The average molecular weight is 179 g/mol. The van der Waals surface area contributed by atoms with Gasteiger partial charge in [-0.2, -0.15) is 0 Å². The molecule has 0 aromatic carbocycles. The molecule has 6 nitrogen and oxygen atoms in total. The van der Waals surface area contributed by atoms with E-state index >= 15 is 0 Å². The Morgan fingerprint density at radius 3 is 2.75 bits per heavy atom. The van der Waals surface area contributed by atoms with E-state index in [9.17, 15) is 4.79 Å². The van der Waals surface area contributed by atoms with Gasteiger partial charge in [0, 0.05) is 9.24 Å². The molecule has 0 saturated heterocycles. The zero-order valence-corrected chi connectivity index (χ0v) is 6.24. The van der Waals surface area contributed by atoms with Crippen LogP contribution in [0.15, 0.2) is 4.99 Å². The van der Waals surface area contributed by atoms with E-state index in [-0.39, 0.29) is 0 Å². The Labute approximate surface area is 77.5 Å². The topological polar surface area (TPSA) is 128 Å². The minimum Gasteiger partial charge on any atom is -0.480 e. The molecule has 7 N–H and O–H groups in total. The fourth-order valence-electron chi connectivity index (χ4n) is 0.341. The van der Waals surface area contributed by atoms with E-state index in [1.165, 1.54) is 0 Å². The van der Waals surface area contributed by atoms with Gasteiger partial charge in [0.25, 0.3) is 0 Å². The number of hydrogen-bond donors (Lipinski definition) is 4. The Bertz CT molecular complexity index is 339. The van der Waals surface area contributed by atoms with Gasteiger partial charge in [-0.15, -0.1) is 0 Å². The quantitative estimate of drug-likeness (QED) is 0.300. The molecule has 0 aromatic heterocycles. The number of aliphatic imine (C=N–C) groups is 1. The first kappa shape index (κ1) is 4.66. The first-order valence-corrected chi connectivity index (χ1v) is 2.95. The molecule has 0 saturated carbocycles. The van der Waals surface area contributed by atoms with Crippen molar-refractivity contribution in [1.82, 2.24) is 0 Å². The highest BCUT2D eigenvalue weighted by atomic mass is 16.4.